The van der Waals surface area contributed by atoms with Crippen molar-refractivity contribution in [2.75, 3.05) is 12.3 Å². The van der Waals surface area contributed by atoms with Crippen LogP contribution in [0.25, 0.3) is 0 Å². The molecule has 0 aliphatic rings. The van der Waals surface area contributed by atoms with Crippen LogP contribution >= 0.6 is 25.0 Å². The van der Waals surface area contributed by atoms with E-state index in [0.29, 0.717) is 6.54 Å². The largest absolute Gasteiger partial charge is 0.480 e. The van der Waals surface area contributed by atoms with Crippen molar-refractivity contribution in [1.29, 1.82) is 0 Å². The van der Waals surface area contributed by atoms with Gasteiger partial charge in [-0.1, -0.05) is 6.92 Å². The van der Waals surface area contributed by atoms with Crippen molar-refractivity contribution in [2.24, 2.45) is 5.84 Å². The zero-order chi connectivity index (χ0) is 8.15. The SMILES string of the molecule is CCN(N)[C@@H](CS)C(=O)O.Cl. The maximum Gasteiger partial charge on any atom is 0.323 e. The van der Waals surface area contributed by atoms with Crippen LogP contribution in [0.4, 0.5) is 0 Å². The fourth-order valence-corrected chi connectivity index (χ4v) is 0.911. The van der Waals surface area contributed by atoms with E-state index in [1.165, 1.54) is 5.01 Å². The molecule has 0 saturated heterocycles. The Bertz CT molecular complexity index is 125. The third-order valence-corrected chi connectivity index (χ3v) is 1.57. The Morgan fingerprint density at radius 2 is 2.27 bits per heavy atom. The first-order valence-electron chi connectivity index (χ1n) is 2.98. The van der Waals surface area contributed by atoms with E-state index in [1.807, 2.05) is 0 Å². The summed E-state index contributed by atoms with van der Waals surface area (Å²) in [6.45, 7) is 2.30. The van der Waals surface area contributed by atoms with Gasteiger partial charge >= 0.3 is 5.97 Å². The van der Waals surface area contributed by atoms with Crippen LogP contribution in [-0.2, 0) is 4.79 Å². The molecule has 4 nitrogen and oxygen atoms in total. The Kier molecular flexibility index (Phi) is 8.32. The molecule has 0 rings (SSSR count). The fourth-order valence-electron chi connectivity index (χ4n) is 0.545. The van der Waals surface area contributed by atoms with E-state index >= 15 is 0 Å². The lowest BCUT2D eigenvalue weighted by Gasteiger charge is -2.19. The van der Waals surface area contributed by atoms with Crippen molar-refractivity contribution >= 4 is 31.0 Å². The Hall–Kier alpha value is 0.0300. The average molecular weight is 201 g/mol. The highest BCUT2D eigenvalue weighted by Gasteiger charge is 2.19. The number of halogens is 1. The Morgan fingerprint density at radius 3 is 2.36 bits per heavy atom. The number of likely N-dealkylation sites (N-methyl/N-ethyl adjacent to an activating group) is 1. The van der Waals surface area contributed by atoms with Crippen molar-refractivity contribution in [3.05, 3.63) is 0 Å². The lowest BCUT2D eigenvalue weighted by atomic mass is 10.3. The molecule has 0 radical (unpaired) electrons. The summed E-state index contributed by atoms with van der Waals surface area (Å²) in [4.78, 5) is 10.4. The highest BCUT2D eigenvalue weighted by Crippen LogP contribution is 1.95. The number of hydrazine groups is 1. The molecule has 0 aromatic rings. The Balaban J connectivity index is 0. The molecule has 0 aliphatic carbocycles. The quantitative estimate of drug-likeness (QED) is 0.339. The van der Waals surface area contributed by atoms with Crippen molar-refractivity contribution in [3.63, 3.8) is 0 Å². The van der Waals surface area contributed by atoms with Gasteiger partial charge in [-0.15, -0.1) is 12.4 Å². The molecule has 0 fully saturated rings. The van der Waals surface area contributed by atoms with E-state index < -0.39 is 12.0 Å². The zero-order valence-electron chi connectivity index (χ0n) is 6.23. The molecule has 0 bridgehead atoms. The first-order chi connectivity index (χ1) is 4.63. The van der Waals surface area contributed by atoms with Gasteiger partial charge in [0.1, 0.15) is 6.04 Å². The predicted octanol–water partition coefficient (Wildman–Crippen LogP) is -0.0132. The molecule has 0 unspecified atom stereocenters. The van der Waals surface area contributed by atoms with Gasteiger partial charge < -0.3 is 5.11 Å². The van der Waals surface area contributed by atoms with Crippen LogP contribution in [0.5, 0.6) is 0 Å². The number of thiol groups is 1. The van der Waals surface area contributed by atoms with Crippen LogP contribution in [0.15, 0.2) is 0 Å². The van der Waals surface area contributed by atoms with E-state index in [1.54, 1.807) is 6.92 Å². The van der Waals surface area contributed by atoms with Crippen molar-refractivity contribution in [3.8, 4) is 0 Å². The maximum atomic E-state index is 10.4. The topological polar surface area (TPSA) is 66.6 Å². The molecule has 3 N–H and O–H groups in total. The standard InChI is InChI=1S/C5H12N2O2S.ClH/c1-2-7(6)4(3-10)5(8)9;/h4,10H,2-3,6H2,1H3,(H,8,9);1H/t4-;/m0./s1. The second-order valence-corrected chi connectivity index (χ2v) is 2.23. The highest BCUT2D eigenvalue weighted by atomic mass is 35.5. The Morgan fingerprint density at radius 1 is 1.82 bits per heavy atom. The molecule has 0 aromatic heterocycles. The second kappa shape index (κ2) is 6.72. The molecule has 11 heavy (non-hydrogen) atoms. The fraction of sp³-hybridized carbons (Fsp3) is 0.800. The third-order valence-electron chi connectivity index (χ3n) is 1.22. The number of rotatable bonds is 4. The molecular weight excluding hydrogens is 188 g/mol. The molecule has 68 valence electrons. The summed E-state index contributed by atoms with van der Waals surface area (Å²) in [7, 11) is 0. The summed E-state index contributed by atoms with van der Waals surface area (Å²) in [5.41, 5.74) is 0. The normalized spacial score (nSPS) is 12.4. The first kappa shape index (κ1) is 13.6. The van der Waals surface area contributed by atoms with Gasteiger partial charge in [-0.25, -0.2) is 5.01 Å². The second-order valence-electron chi connectivity index (χ2n) is 1.87. The number of carboxylic acids is 1. The molecule has 0 saturated carbocycles. The monoisotopic (exact) mass is 200 g/mol. The molecule has 0 heterocycles. The van der Waals surface area contributed by atoms with Crippen LogP contribution in [0.2, 0.25) is 0 Å². The summed E-state index contributed by atoms with van der Waals surface area (Å²) in [5, 5.41) is 9.75. The van der Waals surface area contributed by atoms with E-state index in [4.69, 9.17) is 10.9 Å². The number of aliphatic carboxylic acids is 1. The van der Waals surface area contributed by atoms with Gasteiger partial charge in [-0.3, -0.25) is 10.6 Å². The van der Waals surface area contributed by atoms with E-state index in [2.05, 4.69) is 12.6 Å². The van der Waals surface area contributed by atoms with Crippen LogP contribution in [0.1, 0.15) is 6.92 Å². The molecule has 1 atom stereocenters. The third kappa shape index (κ3) is 4.47. The number of nitrogens with two attached hydrogens (primary N) is 1. The van der Waals surface area contributed by atoms with Gasteiger partial charge in [0.2, 0.25) is 0 Å². The van der Waals surface area contributed by atoms with Crippen molar-refractivity contribution in [1.82, 2.24) is 5.01 Å². The summed E-state index contributed by atoms with van der Waals surface area (Å²) >= 11 is 3.85. The summed E-state index contributed by atoms with van der Waals surface area (Å²) in [6.07, 6.45) is 0. The number of carboxylic acid groups (broad SMARTS) is 1. The Labute approximate surface area is 77.5 Å². The van der Waals surface area contributed by atoms with E-state index in [0.717, 1.165) is 0 Å². The molecular formula is C5H13ClN2O2S. The van der Waals surface area contributed by atoms with Crippen molar-refractivity contribution in [2.45, 2.75) is 13.0 Å². The number of hydrogen-bond acceptors (Lipinski definition) is 4. The van der Waals surface area contributed by atoms with Crippen LogP contribution in [0.3, 0.4) is 0 Å². The summed E-state index contributed by atoms with van der Waals surface area (Å²) < 4.78 is 0. The minimum absolute atomic E-state index is 0. The van der Waals surface area contributed by atoms with Crippen LogP contribution in [0, 0.1) is 0 Å². The molecule has 6 heteroatoms. The highest BCUT2D eigenvalue weighted by molar-refractivity contribution is 7.80. The minimum atomic E-state index is -0.931. The summed E-state index contributed by atoms with van der Waals surface area (Å²) in [6, 6.07) is -0.673. The van der Waals surface area contributed by atoms with E-state index in [9.17, 15) is 4.79 Å². The number of hydrogen-bond donors (Lipinski definition) is 3. The van der Waals surface area contributed by atoms with Gasteiger partial charge in [0, 0.05) is 12.3 Å². The minimum Gasteiger partial charge on any atom is -0.480 e. The zero-order valence-corrected chi connectivity index (χ0v) is 7.94. The molecule has 0 aromatic carbocycles. The van der Waals surface area contributed by atoms with Gasteiger partial charge in [0.15, 0.2) is 0 Å². The smallest absolute Gasteiger partial charge is 0.323 e. The predicted molar refractivity (Wildman–Crippen MR) is 49.1 cm³/mol. The van der Waals surface area contributed by atoms with Gasteiger partial charge in [-0.05, 0) is 0 Å². The van der Waals surface area contributed by atoms with Gasteiger partial charge in [0.05, 0.1) is 0 Å². The lowest BCUT2D eigenvalue weighted by Crippen LogP contribution is -2.46. The molecule has 0 aliphatic heterocycles. The van der Waals surface area contributed by atoms with Gasteiger partial charge in [-0.2, -0.15) is 12.6 Å². The van der Waals surface area contributed by atoms with Gasteiger partial charge in [0.25, 0.3) is 0 Å². The summed E-state index contributed by atoms with van der Waals surface area (Å²) in [5.74, 6) is 4.64. The van der Waals surface area contributed by atoms with Crippen molar-refractivity contribution < 1.29 is 9.90 Å². The maximum absolute atomic E-state index is 10.4. The van der Waals surface area contributed by atoms with Crippen LogP contribution < -0.4 is 5.84 Å². The average Bonchev–Trinajstić information content (AvgIpc) is 1.88. The van der Waals surface area contributed by atoms with Crippen LogP contribution in [-0.4, -0.2) is 34.4 Å². The molecule has 0 amide bonds. The molecule has 0 spiro atoms. The number of nitrogens with zero attached hydrogens (tertiary/aromatic N) is 1. The first-order valence-corrected chi connectivity index (χ1v) is 3.61. The lowest BCUT2D eigenvalue weighted by molar-refractivity contribution is -0.142. The number of carbonyl (C=O) groups is 1. The van der Waals surface area contributed by atoms with E-state index in [-0.39, 0.29) is 18.2 Å².